The van der Waals surface area contributed by atoms with Gasteiger partial charge in [0.25, 0.3) is 5.91 Å². The fourth-order valence-corrected chi connectivity index (χ4v) is 2.90. The molecule has 1 saturated carbocycles. The molecule has 0 spiro atoms. The first kappa shape index (κ1) is 14.0. The Hall–Kier alpha value is -1.91. The molecule has 21 heavy (non-hydrogen) atoms. The third kappa shape index (κ3) is 2.91. The van der Waals surface area contributed by atoms with E-state index in [1.165, 1.54) is 12.8 Å². The lowest BCUT2D eigenvalue weighted by Gasteiger charge is -2.25. The van der Waals surface area contributed by atoms with E-state index in [0.717, 1.165) is 23.7 Å². The van der Waals surface area contributed by atoms with Gasteiger partial charge in [0.1, 0.15) is 6.33 Å². The molecule has 1 amide bonds. The lowest BCUT2D eigenvalue weighted by molar-refractivity contribution is 0.0904. The van der Waals surface area contributed by atoms with E-state index in [1.807, 2.05) is 24.3 Å². The molecule has 0 saturated heterocycles. The highest BCUT2D eigenvalue weighted by Gasteiger charge is 2.32. The average molecular weight is 286 g/mol. The van der Waals surface area contributed by atoms with Gasteiger partial charge in [0, 0.05) is 16.9 Å². The van der Waals surface area contributed by atoms with Gasteiger partial charge in [-0.3, -0.25) is 9.20 Å². The Morgan fingerprint density at radius 1 is 1.43 bits per heavy atom. The van der Waals surface area contributed by atoms with Crippen molar-refractivity contribution in [1.82, 2.24) is 19.7 Å². The smallest absolute Gasteiger partial charge is 0.274 e. The lowest BCUT2D eigenvalue weighted by atomic mass is 9.97. The maximum absolute atomic E-state index is 12.5. The van der Waals surface area contributed by atoms with Crippen LogP contribution in [0.25, 0.3) is 5.65 Å². The monoisotopic (exact) mass is 286 g/mol. The van der Waals surface area contributed by atoms with Crippen LogP contribution in [0.3, 0.4) is 0 Å². The minimum Gasteiger partial charge on any atom is -0.346 e. The molecule has 0 radical (unpaired) electrons. The molecular weight excluding hydrogens is 264 g/mol. The summed E-state index contributed by atoms with van der Waals surface area (Å²) in [7, 11) is 0. The molecule has 112 valence electrons. The van der Waals surface area contributed by atoms with Crippen LogP contribution >= 0.6 is 0 Å². The predicted octanol–water partition coefficient (Wildman–Crippen LogP) is 2.65. The van der Waals surface area contributed by atoms with Gasteiger partial charge >= 0.3 is 0 Å². The Bertz CT molecular complexity index is 698. The second kappa shape index (κ2) is 4.83. The molecule has 0 unspecified atom stereocenters. The SMILES string of the molecule is Cc1cc(C)n2cnc(C(=O)NC(C)(C)CC3CC3)c2n1. The Morgan fingerprint density at radius 2 is 2.14 bits per heavy atom. The summed E-state index contributed by atoms with van der Waals surface area (Å²) in [6, 6.07) is 1.98. The summed E-state index contributed by atoms with van der Waals surface area (Å²) in [4.78, 5) is 21.3. The molecule has 2 aromatic rings. The minimum atomic E-state index is -0.201. The van der Waals surface area contributed by atoms with Crippen LogP contribution in [-0.2, 0) is 0 Å². The van der Waals surface area contributed by atoms with Gasteiger partial charge in [0.15, 0.2) is 11.3 Å². The summed E-state index contributed by atoms with van der Waals surface area (Å²) < 4.78 is 1.86. The third-order valence-electron chi connectivity index (χ3n) is 3.99. The highest BCUT2D eigenvalue weighted by atomic mass is 16.2. The van der Waals surface area contributed by atoms with Crippen molar-refractivity contribution in [2.24, 2.45) is 5.92 Å². The minimum absolute atomic E-state index is 0.138. The van der Waals surface area contributed by atoms with Gasteiger partial charge in [-0.2, -0.15) is 0 Å². The Morgan fingerprint density at radius 3 is 2.81 bits per heavy atom. The third-order valence-corrected chi connectivity index (χ3v) is 3.99. The molecule has 1 aliphatic rings. The van der Waals surface area contributed by atoms with Gasteiger partial charge in [-0.1, -0.05) is 12.8 Å². The molecule has 0 aliphatic heterocycles. The average Bonchev–Trinajstić information content (AvgIpc) is 3.04. The number of amides is 1. The molecule has 5 heteroatoms. The molecule has 3 rings (SSSR count). The van der Waals surface area contributed by atoms with Crippen molar-refractivity contribution >= 4 is 11.6 Å². The van der Waals surface area contributed by atoms with Crippen LogP contribution in [0, 0.1) is 19.8 Å². The predicted molar refractivity (Wildman–Crippen MR) is 81.3 cm³/mol. The number of nitrogens with one attached hydrogen (secondary N) is 1. The van der Waals surface area contributed by atoms with E-state index >= 15 is 0 Å². The van der Waals surface area contributed by atoms with E-state index in [-0.39, 0.29) is 11.4 Å². The van der Waals surface area contributed by atoms with E-state index in [0.29, 0.717) is 11.3 Å². The van der Waals surface area contributed by atoms with Crippen molar-refractivity contribution in [3.05, 3.63) is 29.5 Å². The molecule has 1 fully saturated rings. The zero-order valence-electron chi connectivity index (χ0n) is 13.1. The zero-order valence-corrected chi connectivity index (χ0v) is 13.1. The summed E-state index contributed by atoms with van der Waals surface area (Å²) >= 11 is 0. The lowest BCUT2D eigenvalue weighted by Crippen LogP contribution is -2.44. The van der Waals surface area contributed by atoms with Gasteiger partial charge < -0.3 is 5.32 Å². The van der Waals surface area contributed by atoms with E-state index in [9.17, 15) is 4.79 Å². The Balaban J connectivity index is 1.87. The van der Waals surface area contributed by atoms with E-state index in [2.05, 4.69) is 29.1 Å². The van der Waals surface area contributed by atoms with E-state index < -0.39 is 0 Å². The normalized spacial score (nSPS) is 15.4. The number of fused-ring (bicyclic) bond motifs is 1. The molecule has 2 aromatic heterocycles. The summed E-state index contributed by atoms with van der Waals surface area (Å²) in [5.74, 6) is 0.627. The summed E-state index contributed by atoms with van der Waals surface area (Å²) in [5, 5.41) is 3.11. The number of imidazole rings is 1. The number of hydrogen-bond acceptors (Lipinski definition) is 3. The number of carbonyl (C=O) groups excluding carboxylic acids is 1. The van der Waals surface area contributed by atoms with Gasteiger partial charge in [-0.05, 0) is 46.1 Å². The van der Waals surface area contributed by atoms with Crippen LogP contribution in [0.4, 0.5) is 0 Å². The van der Waals surface area contributed by atoms with Crippen molar-refractivity contribution in [2.75, 3.05) is 0 Å². The van der Waals surface area contributed by atoms with Crippen LogP contribution in [0.2, 0.25) is 0 Å². The largest absolute Gasteiger partial charge is 0.346 e. The highest BCUT2D eigenvalue weighted by molar-refractivity contribution is 5.98. The molecule has 0 bridgehead atoms. The Labute approximate surface area is 124 Å². The van der Waals surface area contributed by atoms with Crippen molar-refractivity contribution < 1.29 is 4.79 Å². The second-order valence-corrected chi connectivity index (χ2v) is 6.81. The number of aryl methyl sites for hydroxylation is 2. The number of carbonyl (C=O) groups is 1. The molecule has 5 nitrogen and oxygen atoms in total. The molecule has 0 atom stereocenters. The fourth-order valence-electron chi connectivity index (χ4n) is 2.90. The first-order valence-electron chi connectivity index (χ1n) is 7.49. The van der Waals surface area contributed by atoms with Gasteiger partial charge in [0.05, 0.1) is 0 Å². The zero-order chi connectivity index (χ0) is 15.2. The molecule has 1 aliphatic carbocycles. The second-order valence-electron chi connectivity index (χ2n) is 6.81. The van der Waals surface area contributed by atoms with Gasteiger partial charge in [-0.25, -0.2) is 9.97 Å². The summed E-state index contributed by atoms with van der Waals surface area (Å²) in [6.07, 6.45) is 5.26. The van der Waals surface area contributed by atoms with Crippen molar-refractivity contribution in [1.29, 1.82) is 0 Å². The summed E-state index contributed by atoms with van der Waals surface area (Å²) in [5.41, 5.74) is 2.76. The number of nitrogens with zero attached hydrogens (tertiary/aromatic N) is 3. The molecule has 2 heterocycles. The van der Waals surface area contributed by atoms with Crippen molar-refractivity contribution in [3.63, 3.8) is 0 Å². The fraction of sp³-hybridized carbons (Fsp3) is 0.562. The number of rotatable bonds is 4. The highest BCUT2D eigenvalue weighted by Crippen LogP contribution is 2.36. The summed E-state index contributed by atoms with van der Waals surface area (Å²) in [6.45, 7) is 8.07. The van der Waals surface area contributed by atoms with Crippen LogP contribution in [-0.4, -0.2) is 25.8 Å². The van der Waals surface area contributed by atoms with Gasteiger partial charge in [-0.15, -0.1) is 0 Å². The van der Waals surface area contributed by atoms with E-state index in [4.69, 9.17) is 0 Å². The number of aromatic nitrogens is 3. The quantitative estimate of drug-likeness (QED) is 0.940. The van der Waals surface area contributed by atoms with Crippen LogP contribution < -0.4 is 5.32 Å². The van der Waals surface area contributed by atoms with Crippen LogP contribution in [0.15, 0.2) is 12.4 Å². The van der Waals surface area contributed by atoms with Crippen molar-refractivity contribution in [3.8, 4) is 0 Å². The van der Waals surface area contributed by atoms with Crippen LogP contribution in [0.1, 0.15) is 55.0 Å². The van der Waals surface area contributed by atoms with Gasteiger partial charge in [0.2, 0.25) is 0 Å². The molecular formula is C16H22N4O. The maximum atomic E-state index is 12.5. The van der Waals surface area contributed by atoms with Crippen molar-refractivity contribution in [2.45, 2.75) is 52.5 Å². The standard InChI is InChI=1S/C16H22N4O/c1-10-7-11(2)20-9-17-13(14(20)18-10)15(21)19-16(3,4)8-12-5-6-12/h7,9,12H,5-6,8H2,1-4H3,(H,19,21). The topological polar surface area (TPSA) is 59.3 Å². The van der Waals surface area contributed by atoms with Crippen LogP contribution in [0.5, 0.6) is 0 Å². The molecule has 1 N–H and O–H groups in total. The maximum Gasteiger partial charge on any atom is 0.274 e. The van der Waals surface area contributed by atoms with E-state index in [1.54, 1.807) is 6.33 Å². The Kier molecular flexibility index (Phi) is 3.23. The first-order valence-corrected chi connectivity index (χ1v) is 7.49. The first-order chi connectivity index (χ1) is 9.85. The molecule has 0 aromatic carbocycles. The number of hydrogen-bond donors (Lipinski definition) is 1.